The van der Waals surface area contributed by atoms with Crippen molar-refractivity contribution in [2.45, 2.75) is 6.92 Å². The lowest BCUT2D eigenvalue weighted by Gasteiger charge is -2.17. The van der Waals surface area contributed by atoms with Crippen LogP contribution in [0.3, 0.4) is 0 Å². The van der Waals surface area contributed by atoms with Gasteiger partial charge >= 0.3 is 0 Å². The Kier molecular flexibility index (Phi) is 3.90. The highest BCUT2D eigenvalue weighted by Gasteiger charge is 2.17. The molecule has 0 fully saturated rings. The molecule has 0 aliphatic heterocycles. The van der Waals surface area contributed by atoms with E-state index in [2.05, 4.69) is 57.1 Å². The molecule has 2 nitrogen and oxygen atoms in total. The summed E-state index contributed by atoms with van der Waals surface area (Å²) in [4.78, 5) is 4.47. The van der Waals surface area contributed by atoms with Crippen LogP contribution in [0, 0.1) is 5.92 Å². The maximum absolute atomic E-state index is 2.33. The fourth-order valence-corrected chi connectivity index (χ4v) is 1.86. The molecule has 0 radical (unpaired) electrons. The van der Waals surface area contributed by atoms with Gasteiger partial charge in [-0.25, -0.2) is 0 Å². The van der Waals surface area contributed by atoms with Crippen molar-refractivity contribution in [2.75, 3.05) is 41.3 Å². The average molecular weight is 194 g/mol. The Hall–Kier alpha value is -0.600. The predicted molar refractivity (Wildman–Crippen MR) is 62.4 cm³/mol. The van der Waals surface area contributed by atoms with E-state index in [1.807, 2.05) is 0 Å². The Labute approximate surface area is 87.9 Å². The topological polar surface area (TPSA) is 6.48 Å². The molecule has 2 heteroatoms. The maximum Gasteiger partial charge on any atom is 0.0227 e. The molecular weight excluding hydrogens is 172 g/mol. The van der Waals surface area contributed by atoms with Crippen LogP contribution in [0.2, 0.25) is 0 Å². The minimum atomic E-state index is 0.625. The standard InChI is InChI=1S/C12H22N2/c1-10-11(8-13(2)3)6-7-12(10)9-14(4)5/h6-7,11H,8-9H2,1-5H3. The molecule has 0 heterocycles. The number of hydrogen-bond donors (Lipinski definition) is 0. The zero-order chi connectivity index (χ0) is 10.7. The molecule has 0 spiro atoms. The third kappa shape index (κ3) is 2.96. The lowest BCUT2D eigenvalue weighted by molar-refractivity contribution is 0.379. The molecule has 1 aliphatic rings. The Balaban J connectivity index is 2.61. The Morgan fingerprint density at radius 2 is 1.79 bits per heavy atom. The van der Waals surface area contributed by atoms with Gasteiger partial charge in [-0.15, -0.1) is 0 Å². The predicted octanol–water partition coefficient (Wildman–Crippen LogP) is 1.61. The zero-order valence-corrected chi connectivity index (χ0v) is 10.0. The van der Waals surface area contributed by atoms with E-state index >= 15 is 0 Å². The van der Waals surface area contributed by atoms with Crippen molar-refractivity contribution in [3.05, 3.63) is 23.3 Å². The fraction of sp³-hybridized carbons (Fsp3) is 0.667. The molecule has 0 aromatic rings. The van der Waals surface area contributed by atoms with Crippen LogP contribution in [0.25, 0.3) is 0 Å². The molecule has 0 amide bonds. The van der Waals surface area contributed by atoms with Crippen LogP contribution in [0.1, 0.15) is 6.92 Å². The lowest BCUT2D eigenvalue weighted by atomic mass is 10.0. The molecular formula is C12H22N2. The van der Waals surface area contributed by atoms with Gasteiger partial charge in [0.25, 0.3) is 0 Å². The highest BCUT2D eigenvalue weighted by atomic mass is 15.1. The van der Waals surface area contributed by atoms with E-state index in [0.29, 0.717) is 5.92 Å². The van der Waals surface area contributed by atoms with Crippen molar-refractivity contribution in [3.8, 4) is 0 Å². The van der Waals surface area contributed by atoms with Crippen LogP contribution < -0.4 is 0 Å². The van der Waals surface area contributed by atoms with E-state index in [9.17, 15) is 0 Å². The van der Waals surface area contributed by atoms with Crippen LogP contribution >= 0.6 is 0 Å². The summed E-state index contributed by atoms with van der Waals surface area (Å²) in [6.07, 6.45) is 4.61. The molecule has 0 saturated heterocycles. The monoisotopic (exact) mass is 194 g/mol. The van der Waals surface area contributed by atoms with Crippen LogP contribution in [-0.2, 0) is 0 Å². The largest absolute Gasteiger partial charge is 0.308 e. The first-order valence-electron chi connectivity index (χ1n) is 5.18. The molecule has 0 bridgehead atoms. The minimum absolute atomic E-state index is 0.625. The van der Waals surface area contributed by atoms with Gasteiger partial charge in [0.1, 0.15) is 0 Å². The molecule has 14 heavy (non-hydrogen) atoms. The summed E-state index contributed by atoms with van der Waals surface area (Å²) in [6, 6.07) is 0. The number of rotatable bonds is 4. The van der Waals surface area contributed by atoms with E-state index in [4.69, 9.17) is 0 Å². The summed E-state index contributed by atoms with van der Waals surface area (Å²) in [7, 11) is 8.50. The van der Waals surface area contributed by atoms with Crippen molar-refractivity contribution in [1.82, 2.24) is 9.80 Å². The molecule has 1 atom stereocenters. The second kappa shape index (κ2) is 4.76. The Bertz CT molecular complexity index is 249. The summed E-state index contributed by atoms with van der Waals surface area (Å²) in [5, 5.41) is 0. The first-order valence-corrected chi connectivity index (χ1v) is 5.18. The molecule has 0 aromatic heterocycles. The van der Waals surface area contributed by atoms with Gasteiger partial charge in [-0.2, -0.15) is 0 Å². The molecule has 1 unspecified atom stereocenters. The number of hydrogen-bond acceptors (Lipinski definition) is 2. The van der Waals surface area contributed by atoms with E-state index in [1.165, 1.54) is 11.1 Å². The third-order valence-corrected chi connectivity index (χ3v) is 2.64. The summed E-state index contributed by atoms with van der Waals surface area (Å²) >= 11 is 0. The van der Waals surface area contributed by atoms with Crippen LogP contribution in [0.15, 0.2) is 23.3 Å². The quantitative estimate of drug-likeness (QED) is 0.671. The van der Waals surface area contributed by atoms with Gasteiger partial charge in [-0.3, -0.25) is 0 Å². The van der Waals surface area contributed by atoms with E-state index in [1.54, 1.807) is 0 Å². The van der Waals surface area contributed by atoms with Gasteiger partial charge in [-0.05, 0) is 40.7 Å². The second-order valence-corrected chi connectivity index (χ2v) is 4.67. The summed E-state index contributed by atoms with van der Waals surface area (Å²) in [5.41, 5.74) is 3.02. The van der Waals surface area contributed by atoms with E-state index in [0.717, 1.165) is 13.1 Å². The van der Waals surface area contributed by atoms with Gasteiger partial charge in [0, 0.05) is 19.0 Å². The Morgan fingerprint density at radius 3 is 2.29 bits per heavy atom. The Morgan fingerprint density at radius 1 is 1.14 bits per heavy atom. The highest BCUT2D eigenvalue weighted by molar-refractivity contribution is 5.37. The summed E-state index contributed by atoms with van der Waals surface area (Å²) < 4.78 is 0. The SMILES string of the molecule is CC1=C(CN(C)C)C=CC1CN(C)C. The highest BCUT2D eigenvalue weighted by Crippen LogP contribution is 2.25. The zero-order valence-electron chi connectivity index (χ0n) is 10.0. The van der Waals surface area contributed by atoms with Crippen LogP contribution in [0.5, 0.6) is 0 Å². The van der Waals surface area contributed by atoms with E-state index < -0.39 is 0 Å². The smallest absolute Gasteiger partial charge is 0.0227 e. The van der Waals surface area contributed by atoms with E-state index in [-0.39, 0.29) is 0 Å². The molecule has 1 rings (SSSR count). The van der Waals surface area contributed by atoms with Crippen molar-refractivity contribution in [1.29, 1.82) is 0 Å². The van der Waals surface area contributed by atoms with Crippen molar-refractivity contribution >= 4 is 0 Å². The first kappa shape index (κ1) is 11.5. The molecule has 80 valence electrons. The summed E-state index contributed by atoms with van der Waals surface area (Å²) in [6.45, 7) is 4.44. The molecule has 1 aliphatic carbocycles. The number of likely N-dealkylation sites (N-methyl/N-ethyl adjacent to an activating group) is 1. The molecule has 0 saturated carbocycles. The second-order valence-electron chi connectivity index (χ2n) is 4.67. The minimum Gasteiger partial charge on any atom is -0.308 e. The first-order chi connectivity index (χ1) is 6.50. The van der Waals surface area contributed by atoms with Crippen molar-refractivity contribution < 1.29 is 0 Å². The van der Waals surface area contributed by atoms with Crippen molar-refractivity contribution in [3.63, 3.8) is 0 Å². The molecule has 0 N–H and O–H groups in total. The third-order valence-electron chi connectivity index (χ3n) is 2.64. The van der Waals surface area contributed by atoms with Gasteiger partial charge in [-0.1, -0.05) is 17.7 Å². The average Bonchev–Trinajstić information content (AvgIpc) is 2.34. The summed E-state index contributed by atoms with van der Waals surface area (Å²) in [5.74, 6) is 0.625. The van der Waals surface area contributed by atoms with Gasteiger partial charge < -0.3 is 9.80 Å². The van der Waals surface area contributed by atoms with Gasteiger partial charge in [0.05, 0.1) is 0 Å². The number of nitrogens with zero attached hydrogens (tertiary/aromatic N) is 2. The van der Waals surface area contributed by atoms with Crippen molar-refractivity contribution in [2.24, 2.45) is 5.92 Å². The van der Waals surface area contributed by atoms with Gasteiger partial charge in [0.2, 0.25) is 0 Å². The fourth-order valence-electron chi connectivity index (χ4n) is 1.86. The van der Waals surface area contributed by atoms with Crippen LogP contribution in [0.4, 0.5) is 0 Å². The lowest BCUT2D eigenvalue weighted by Crippen LogP contribution is -2.21. The maximum atomic E-state index is 2.33. The molecule has 0 aromatic carbocycles. The van der Waals surface area contributed by atoms with Crippen LogP contribution in [-0.4, -0.2) is 51.1 Å². The van der Waals surface area contributed by atoms with Gasteiger partial charge in [0.15, 0.2) is 0 Å². The normalized spacial score (nSPS) is 21.8.